The Hall–Kier alpha value is 0.147. The van der Waals surface area contributed by atoms with Crippen LogP contribution in [0.1, 0.15) is 40.5 Å². The predicted molar refractivity (Wildman–Crippen MR) is 47.8 cm³/mol. The van der Waals surface area contributed by atoms with Gasteiger partial charge in [0.25, 0.3) is 0 Å². The monoisotopic (exact) mass is 162 g/mol. The van der Waals surface area contributed by atoms with E-state index in [1.165, 1.54) is 6.42 Å². The smallest absolute Gasteiger partial charge is 0.222 e. The van der Waals surface area contributed by atoms with E-state index in [4.69, 9.17) is 0 Å². The first-order valence-corrected chi connectivity index (χ1v) is 5.32. The summed E-state index contributed by atoms with van der Waals surface area (Å²) in [6, 6.07) is 0. The number of halogens is 1. The van der Waals surface area contributed by atoms with Crippen LogP contribution in [0.3, 0.4) is 0 Å². The second-order valence-electron chi connectivity index (χ2n) is 4.02. The summed E-state index contributed by atoms with van der Waals surface area (Å²) in [6.45, 7) is 8.46. The molecule has 0 aromatic rings. The molecule has 0 saturated carbocycles. The Bertz CT molecular complexity index is 91.3. The molecule has 0 nitrogen and oxygen atoms in total. The highest BCUT2D eigenvalue weighted by atomic mass is 28.3. The molecule has 0 radical (unpaired) electrons. The van der Waals surface area contributed by atoms with Gasteiger partial charge in [-0.15, -0.1) is 0 Å². The average molecular weight is 162 g/mol. The van der Waals surface area contributed by atoms with E-state index in [-0.39, 0.29) is 5.04 Å². The van der Waals surface area contributed by atoms with Crippen molar-refractivity contribution >= 4 is 9.85 Å². The van der Waals surface area contributed by atoms with Gasteiger partial charge in [-0.1, -0.05) is 34.1 Å². The topological polar surface area (TPSA) is 0 Å². The van der Waals surface area contributed by atoms with E-state index < -0.39 is 9.85 Å². The lowest BCUT2D eigenvalue weighted by Gasteiger charge is -2.23. The number of hydrogen-bond acceptors (Lipinski definition) is 0. The van der Waals surface area contributed by atoms with Gasteiger partial charge in [0.05, 0.1) is 0 Å². The van der Waals surface area contributed by atoms with Crippen LogP contribution in [0.25, 0.3) is 0 Å². The van der Waals surface area contributed by atoms with Crippen molar-refractivity contribution in [3.8, 4) is 0 Å². The van der Waals surface area contributed by atoms with E-state index in [1.54, 1.807) is 0 Å². The van der Waals surface area contributed by atoms with Crippen LogP contribution in [-0.4, -0.2) is 9.85 Å². The molecule has 0 aromatic heterocycles. The first kappa shape index (κ1) is 10.1. The van der Waals surface area contributed by atoms with Crippen LogP contribution in [0.4, 0.5) is 4.11 Å². The van der Waals surface area contributed by atoms with E-state index in [9.17, 15) is 4.11 Å². The van der Waals surface area contributed by atoms with Crippen LogP contribution in [0.15, 0.2) is 0 Å². The third kappa shape index (κ3) is 4.04. The molecular formula is C8H19FSi. The van der Waals surface area contributed by atoms with Gasteiger partial charge >= 0.3 is 0 Å². The minimum Gasteiger partial charge on any atom is -0.322 e. The molecule has 0 amide bonds. The molecule has 0 N–H and O–H groups in total. The van der Waals surface area contributed by atoms with Crippen molar-refractivity contribution in [3.05, 3.63) is 0 Å². The Morgan fingerprint density at radius 2 is 2.00 bits per heavy atom. The zero-order valence-electron chi connectivity index (χ0n) is 7.58. The normalized spacial score (nSPS) is 16.5. The van der Waals surface area contributed by atoms with Gasteiger partial charge in [-0.05, 0) is 17.4 Å². The van der Waals surface area contributed by atoms with Crippen LogP contribution in [0.5, 0.6) is 0 Å². The third-order valence-electron chi connectivity index (χ3n) is 1.96. The molecule has 0 aliphatic heterocycles. The van der Waals surface area contributed by atoms with Gasteiger partial charge in [-0.2, -0.15) is 0 Å². The lowest BCUT2D eigenvalue weighted by atomic mass is 9.96. The largest absolute Gasteiger partial charge is 0.322 e. The van der Waals surface area contributed by atoms with Gasteiger partial charge in [-0.3, -0.25) is 0 Å². The zero-order chi connectivity index (χ0) is 8.20. The van der Waals surface area contributed by atoms with E-state index in [0.717, 1.165) is 6.42 Å². The quantitative estimate of drug-likeness (QED) is 0.440. The maximum atomic E-state index is 12.4. The molecule has 0 aliphatic carbocycles. The first-order valence-electron chi connectivity index (χ1n) is 4.08. The SMILES string of the molecule is CCC(C)CC(C)(C)[SiH2]F. The summed E-state index contributed by atoms with van der Waals surface area (Å²) in [5, 5.41) is 0.0371. The molecule has 0 aliphatic rings. The minimum absolute atomic E-state index is 0.0371. The Kier molecular flexibility index (Phi) is 4.18. The van der Waals surface area contributed by atoms with Crippen molar-refractivity contribution < 1.29 is 4.11 Å². The summed E-state index contributed by atoms with van der Waals surface area (Å²) >= 11 is 0. The summed E-state index contributed by atoms with van der Waals surface area (Å²) in [5.41, 5.74) is 0. The highest BCUT2D eigenvalue weighted by Crippen LogP contribution is 2.32. The summed E-state index contributed by atoms with van der Waals surface area (Å²) in [7, 11) is -1.31. The Labute approximate surface area is 66.2 Å². The lowest BCUT2D eigenvalue weighted by molar-refractivity contribution is 0.429. The molecule has 10 heavy (non-hydrogen) atoms. The maximum absolute atomic E-state index is 12.4. The van der Waals surface area contributed by atoms with Crippen LogP contribution in [-0.2, 0) is 0 Å². The van der Waals surface area contributed by atoms with Crippen molar-refractivity contribution in [2.24, 2.45) is 5.92 Å². The van der Waals surface area contributed by atoms with E-state index >= 15 is 0 Å². The Morgan fingerprint density at radius 3 is 2.30 bits per heavy atom. The fourth-order valence-electron chi connectivity index (χ4n) is 1.14. The Morgan fingerprint density at radius 1 is 1.50 bits per heavy atom. The summed E-state index contributed by atoms with van der Waals surface area (Å²) in [5.74, 6) is 0.693. The molecule has 0 fully saturated rings. The van der Waals surface area contributed by atoms with E-state index in [1.807, 2.05) is 13.8 Å². The Balaban J connectivity index is 3.64. The molecule has 1 atom stereocenters. The maximum Gasteiger partial charge on any atom is 0.222 e. The second-order valence-corrected chi connectivity index (χ2v) is 6.20. The van der Waals surface area contributed by atoms with Crippen molar-refractivity contribution in [2.45, 2.75) is 45.6 Å². The highest BCUT2D eigenvalue weighted by molar-refractivity contribution is 6.30. The molecule has 1 unspecified atom stereocenters. The molecule has 0 bridgehead atoms. The molecule has 0 spiro atoms. The standard InChI is InChI=1S/C8H19FSi/c1-5-7(2)6-8(3,4)10-9/h7H,5-6,10H2,1-4H3. The minimum atomic E-state index is -1.31. The molecular weight excluding hydrogens is 143 g/mol. The second kappa shape index (κ2) is 4.11. The van der Waals surface area contributed by atoms with Gasteiger partial charge < -0.3 is 4.11 Å². The van der Waals surface area contributed by atoms with Crippen LogP contribution in [0, 0.1) is 5.92 Å². The van der Waals surface area contributed by atoms with Gasteiger partial charge in [-0.25, -0.2) is 0 Å². The van der Waals surface area contributed by atoms with Gasteiger partial charge in [0.15, 0.2) is 0 Å². The van der Waals surface area contributed by atoms with E-state index in [2.05, 4.69) is 13.8 Å². The molecule has 0 heterocycles. The molecule has 0 saturated heterocycles. The van der Waals surface area contributed by atoms with Crippen molar-refractivity contribution in [2.75, 3.05) is 0 Å². The van der Waals surface area contributed by atoms with Crippen LogP contribution in [0.2, 0.25) is 5.04 Å². The van der Waals surface area contributed by atoms with Gasteiger partial charge in [0, 0.05) is 0 Å². The summed E-state index contributed by atoms with van der Waals surface area (Å²) in [4.78, 5) is 0. The molecule has 62 valence electrons. The fraction of sp³-hybridized carbons (Fsp3) is 1.00. The number of hydrogen-bond donors (Lipinski definition) is 0. The van der Waals surface area contributed by atoms with E-state index in [0.29, 0.717) is 5.92 Å². The van der Waals surface area contributed by atoms with Crippen LogP contribution < -0.4 is 0 Å². The summed E-state index contributed by atoms with van der Waals surface area (Å²) < 4.78 is 12.4. The molecule has 0 aromatic carbocycles. The van der Waals surface area contributed by atoms with Gasteiger partial charge in [0.1, 0.15) is 0 Å². The number of rotatable bonds is 4. The zero-order valence-corrected chi connectivity index (χ0v) is 8.99. The first-order chi connectivity index (χ1) is 4.52. The van der Waals surface area contributed by atoms with Crippen LogP contribution >= 0.6 is 0 Å². The molecule has 0 rings (SSSR count). The summed E-state index contributed by atoms with van der Waals surface area (Å²) in [6.07, 6.45) is 2.24. The average Bonchev–Trinajstić information content (AvgIpc) is 1.87. The van der Waals surface area contributed by atoms with Crippen molar-refractivity contribution in [1.82, 2.24) is 0 Å². The van der Waals surface area contributed by atoms with Crippen molar-refractivity contribution in [1.29, 1.82) is 0 Å². The third-order valence-corrected chi connectivity index (χ3v) is 2.97. The lowest BCUT2D eigenvalue weighted by Crippen LogP contribution is -2.12. The van der Waals surface area contributed by atoms with Gasteiger partial charge in [0.2, 0.25) is 9.85 Å². The molecule has 2 heteroatoms. The highest BCUT2D eigenvalue weighted by Gasteiger charge is 2.20. The fourth-order valence-corrected chi connectivity index (χ4v) is 1.74. The van der Waals surface area contributed by atoms with Crippen molar-refractivity contribution in [3.63, 3.8) is 0 Å². The predicted octanol–water partition coefficient (Wildman–Crippen LogP) is 2.67.